The number of ether oxygens (including phenoxy) is 1. The van der Waals surface area contributed by atoms with Crippen molar-refractivity contribution >= 4 is 6.09 Å². The highest BCUT2D eigenvalue weighted by Gasteiger charge is 2.20. The van der Waals surface area contributed by atoms with E-state index >= 15 is 0 Å². The van der Waals surface area contributed by atoms with Crippen LogP contribution in [0.4, 0.5) is 4.79 Å². The van der Waals surface area contributed by atoms with Gasteiger partial charge in [-0.3, -0.25) is 0 Å². The van der Waals surface area contributed by atoms with Crippen LogP contribution in [0, 0.1) is 0 Å². The lowest BCUT2D eigenvalue weighted by atomic mass is 10.3. The number of carbonyl (C=O) groups excluding carboxylic acids is 1. The van der Waals surface area contributed by atoms with E-state index in [-0.39, 0.29) is 6.09 Å². The van der Waals surface area contributed by atoms with Crippen molar-refractivity contribution in [1.82, 2.24) is 9.80 Å². The van der Waals surface area contributed by atoms with Crippen LogP contribution in [-0.4, -0.2) is 55.2 Å². The molecule has 15 heavy (non-hydrogen) atoms. The van der Waals surface area contributed by atoms with Gasteiger partial charge in [0.1, 0.15) is 0 Å². The summed E-state index contributed by atoms with van der Waals surface area (Å²) in [6.07, 6.45) is 1.89. The predicted molar refractivity (Wildman–Crippen MR) is 59.9 cm³/mol. The van der Waals surface area contributed by atoms with Crippen molar-refractivity contribution in [2.24, 2.45) is 0 Å². The van der Waals surface area contributed by atoms with E-state index in [0.717, 1.165) is 45.6 Å². The predicted octanol–water partition coefficient (Wildman–Crippen LogP) is 1.56. The van der Waals surface area contributed by atoms with Crippen LogP contribution < -0.4 is 0 Å². The third-order valence-electron chi connectivity index (χ3n) is 2.80. The first-order valence-corrected chi connectivity index (χ1v) is 5.92. The fourth-order valence-electron chi connectivity index (χ4n) is 1.64. The Labute approximate surface area is 92.2 Å². The highest BCUT2D eigenvalue weighted by atomic mass is 16.6. The largest absolute Gasteiger partial charge is 0.449 e. The molecule has 1 aliphatic heterocycles. The summed E-state index contributed by atoms with van der Waals surface area (Å²) < 4.78 is 5.16. The highest BCUT2D eigenvalue weighted by molar-refractivity contribution is 5.67. The van der Waals surface area contributed by atoms with Gasteiger partial charge in [-0.05, 0) is 13.0 Å². The first-order chi connectivity index (χ1) is 7.27. The molecule has 88 valence electrons. The van der Waals surface area contributed by atoms with Crippen molar-refractivity contribution < 1.29 is 9.53 Å². The number of nitrogens with zero attached hydrogens (tertiary/aromatic N) is 2. The maximum absolute atomic E-state index is 11.6. The number of likely N-dealkylation sites (N-methyl/N-ethyl adjacent to an activating group) is 1. The van der Waals surface area contributed by atoms with Gasteiger partial charge in [0.2, 0.25) is 0 Å². The van der Waals surface area contributed by atoms with E-state index in [1.165, 1.54) is 0 Å². The number of hydrogen-bond donors (Lipinski definition) is 0. The lowest BCUT2D eigenvalue weighted by Gasteiger charge is -2.33. The molecule has 0 radical (unpaired) electrons. The molecule has 0 spiro atoms. The second-order valence-corrected chi connectivity index (χ2v) is 3.89. The summed E-state index contributed by atoms with van der Waals surface area (Å²) in [5.74, 6) is 0. The summed E-state index contributed by atoms with van der Waals surface area (Å²) in [4.78, 5) is 15.7. The Morgan fingerprint density at radius 3 is 2.40 bits per heavy atom. The van der Waals surface area contributed by atoms with E-state index in [4.69, 9.17) is 4.74 Å². The molecule has 1 rings (SSSR count). The Bertz CT molecular complexity index is 189. The summed E-state index contributed by atoms with van der Waals surface area (Å²) >= 11 is 0. The molecule has 0 aliphatic carbocycles. The average Bonchev–Trinajstić information content (AvgIpc) is 2.29. The van der Waals surface area contributed by atoms with Gasteiger partial charge in [0.15, 0.2) is 0 Å². The van der Waals surface area contributed by atoms with Gasteiger partial charge in [-0.15, -0.1) is 0 Å². The van der Waals surface area contributed by atoms with E-state index in [2.05, 4.69) is 18.7 Å². The Morgan fingerprint density at radius 2 is 1.87 bits per heavy atom. The van der Waals surface area contributed by atoms with E-state index in [1.807, 2.05) is 4.90 Å². The van der Waals surface area contributed by atoms with Crippen LogP contribution in [0.3, 0.4) is 0 Å². The molecule has 0 saturated carbocycles. The third-order valence-corrected chi connectivity index (χ3v) is 2.80. The summed E-state index contributed by atoms with van der Waals surface area (Å²) in [5, 5.41) is 0. The molecule has 1 fully saturated rings. The number of carbonyl (C=O) groups is 1. The molecule has 1 amide bonds. The Kier molecular flexibility index (Phi) is 5.47. The van der Waals surface area contributed by atoms with E-state index in [1.54, 1.807) is 0 Å². The average molecular weight is 214 g/mol. The number of piperazine rings is 1. The van der Waals surface area contributed by atoms with E-state index in [9.17, 15) is 4.79 Å². The quantitative estimate of drug-likeness (QED) is 0.666. The maximum Gasteiger partial charge on any atom is 0.409 e. The smallest absolute Gasteiger partial charge is 0.409 e. The SMILES string of the molecule is CCCCOC(=O)N1CCN(CC)CC1. The molecular weight excluding hydrogens is 192 g/mol. The normalized spacial score (nSPS) is 17.9. The number of hydrogen-bond acceptors (Lipinski definition) is 3. The van der Waals surface area contributed by atoms with Crippen LogP contribution in [-0.2, 0) is 4.74 Å². The monoisotopic (exact) mass is 214 g/mol. The van der Waals surface area contributed by atoms with E-state index in [0.29, 0.717) is 6.61 Å². The Morgan fingerprint density at radius 1 is 1.20 bits per heavy atom. The fourth-order valence-corrected chi connectivity index (χ4v) is 1.64. The Balaban J connectivity index is 2.18. The summed E-state index contributed by atoms with van der Waals surface area (Å²) in [5.41, 5.74) is 0. The maximum atomic E-state index is 11.6. The zero-order valence-electron chi connectivity index (χ0n) is 9.87. The summed E-state index contributed by atoms with van der Waals surface area (Å²) in [6, 6.07) is 0. The summed E-state index contributed by atoms with van der Waals surface area (Å²) in [6.45, 7) is 9.42. The molecule has 1 saturated heterocycles. The van der Waals surface area contributed by atoms with Gasteiger partial charge in [0.25, 0.3) is 0 Å². The number of amides is 1. The van der Waals surface area contributed by atoms with Crippen molar-refractivity contribution in [3.8, 4) is 0 Å². The van der Waals surface area contributed by atoms with Crippen molar-refractivity contribution in [2.75, 3.05) is 39.3 Å². The minimum Gasteiger partial charge on any atom is -0.449 e. The molecule has 0 bridgehead atoms. The van der Waals surface area contributed by atoms with Crippen LogP contribution in [0.15, 0.2) is 0 Å². The van der Waals surface area contributed by atoms with Gasteiger partial charge in [-0.25, -0.2) is 4.79 Å². The molecule has 4 nitrogen and oxygen atoms in total. The van der Waals surface area contributed by atoms with Crippen molar-refractivity contribution in [2.45, 2.75) is 26.7 Å². The zero-order chi connectivity index (χ0) is 11.1. The van der Waals surface area contributed by atoms with Gasteiger partial charge in [-0.1, -0.05) is 20.3 Å². The second-order valence-electron chi connectivity index (χ2n) is 3.89. The van der Waals surface area contributed by atoms with Crippen molar-refractivity contribution in [3.05, 3.63) is 0 Å². The number of unbranched alkanes of at least 4 members (excludes halogenated alkanes) is 1. The van der Waals surface area contributed by atoms with Gasteiger partial charge >= 0.3 is 6.09 Å². The molecule has 0 unspecified atom stereocenters. The van der Waals surface area contributed by atoms with Crippen molar-refractivity contribution in [3.63, 3.8) is 0 Å². The van der Waals surface area contributed by atoms with Crippen LogP contribution in [0.1, 0.15) is 26.7 Å². The van der Waals surface area contributed by atoms with Crippen LogP contribution in [0.2, 0.25) is 0 Å². The van der Waals surface area contributed by atoms with Gasteiger partial charge in [0.05, 0.1) is 6.61 Å². The molecule has 0 N–H and O–H groups in total. The van der Waals surface area contributed by atoms with Gasteiger partial charge in [0, 0.05) is 26.2 Å². The fraction of sp³-hybridized carbons (Fsp3) is 0.909. The standard InChI is InChI=1S/C11H22N2O2/c1-3-5-10-15-11(14)13-8-6-12(4-2)7-9-13/h3-10H2,1-2H3. The van der Waals surface area contributed by atoms with Crippen molar-refractivity contribution in [1.29, 1.82) is 0 Å². The second kappa shape index (κ2) is 6.67. The topological polar surface area (TPSA) is 32.8 Å². The zero-order valence-corrected chi connectivity index (χ0v) is 9.87. The summed E-state index contributed by atoms with van der Waals surface area (Å²) in [7, 11) is 0. The third kappa shape index (κ3) is 4.08. The molecule has 1 heterocycles. The van der Waals surface area contributed by atoms with E-state index < -0.39 is 0 Å². The minimum atomic E-state index is -0.140. The lowest BCUT2D eigenvalue weighted by Crippen LogP contribution is -2.48. The van der Waals surface area contributed by atoms with Gasteiger partial charge in [-0.2, -0.15) is 0 Å². The highest BCUT2D eigenvalue weighted by Crippen LogP contribution is 2.03. The first kappa shape index (κ1) is 12.3. The molecule has 0 aromatic heterocycles. The van der Waals surface area contributed by atoms with Gasteiger partial charge < -0.3 is 14.5 Å². The molecule has 0 atom stereocenters. The lowest BCUT2D eigenvalue weighted by molar-refractivity contribution is 0.0767. The van der Waals surface area contributed by atoms with Crippen LogP contribution in [0.5, 0.6) is 0 Å². The molecule has 4 heteroatoms. The number of rotatable bonds is 4. The molecule has 1 aliphatic rings. The molecule has 0 aromatic carbocycles. The first-order valence-electron chi connectivity index (χ1n) is 5.92. The minimum absolute atomic E-state index is 0.140. The Hall–Kier alpha value is -0.770. The van der Waals surface area contributed by atoms with Crippen LogP contribution in [0.25, 0.3) is 0 Å². The molecular formula is C11H22N2O2. The van der Waals surface area contributed by atoms with Crippen LogP contribution >= 0.6 is 0 Å². The molecule has 0 aromatic rings.